The second kappa shape index (κ2) is 6.38. The highest BCUT2D eigenvalue weighted by Crippen LogP contribution is 2.30. The standard InChI is InChI=1S/C20H13N3O4/c24-19-18(23(26)27)17(21-20(25)22-19)10-9-16-14-7-3-1-5-12(14)11-13-6-2-4-8-15(13)16/h1-11H,(H2,21,22,24,25). The first-order valence-electron chi connectivity index (χ1n) is 8.14. The van der Waals surface area contributed by atoms with Gasteiger partial charge in [0.15, 0.2) is 0 Å². The SMILES string of the molecule is O=c1[nH]c(C=Cc2c3ccccc3cc3ccccc23)c([N+](=O)[O-])c(=O)[nH]1. The van der Waals surface area contributed by atoms with Crippen molar-refractivity contribution in [3.05, 3.63) is 96.8 Å². The van der Waals surface area contributed by atoms with E-state index in [2.05, 4.69) is 11.1 Å². The smallest absolute Gasteiger partial charge is 0.301 e. The zero-order chi connectivity index (χ0) is 19.0. The van der Waals surface area contributed by atoms with Gasteiger partial charge in [0, 0.05) is 0 Å². The molecule has 1 aromatic heterocycles. The Morgan fingerprint density at radius 1 is 0.852 bits per heavy atom. The fraction of sp³-hybridized carbons (Fsp3) is 0. The first-order valence-corrected chi connectivity index (χ1v) is 8.14. The summed E-state index contributed by atoms with van der Waals surface area (Å²) in [4.78, 5) is 38.0. The molecule has 7 nitrogen and oxygen atoms in total. The molecule has 27 heavy (non-hydrogen) atoms. The lowest BCUT2D eigenvalue weighted by Gasteiger charge is -2.08. The van der Waals surface area contributed by atoms with Crippen LogP contribution in [0.25, 0.3) is 33.7 Å². The van der Waals surface area contributed by atoms with Gasteiger partial charge in [0.25, 0.3) is 0 Å². The minimum atomic E-state index is -1.04. The average Bonchev–Trinajstić information content (AvgIpc) is 2.64. The molecule has 0 aliphatic rings. The number of aromatic amines is 2. The molecule has 3 aromatic carbocycles. The first-order chi connectivity index (χ1) is 13.0. The minimum Gasteiger partial charge on any atom is -0.301 e. The van der Waals surface area contributed by atoms with Crippen molar-refractivity contribution in [3.8, 4) is 0 Å². The average molecular weight is 359 g/mol. The molecule has 0 amide bonds. The molecule has 0 saturated heterocycles. The molecular weight excluding hydrogens is 346 g/mol. The van der Waals surface area contributed by atoms with Crippen LogP contribution in [0.15, 0.2) is 64.2 Å². The Hall–Kier alpha value is -4.00. The van der Waals surface area contributed by atoms with Crippen molar-refractivity contribution < 1.29 is 4.92 Å². The van der Waals surface area contributed by atoms with Gasteiger partial charge >= 0.3 is 16.9 Å². The van der Waals surface area contributed by atoms with Crippen molar-refractivity contribution >= 4 is 39.4 Å². The molecule has 132 valence electrons. The largest absolute Gasteiger partial charge is 0.357 e. The van der Waals surface area contributed by atoms with Crippen molar-refractivity contribution in [2.24, 2.45) is 0 Å². The van der Waals surface area contributed by atoms with E-state index in [1.807, 2.05) is 53.5 Å². The molecule has 0 bridgehead atoms. The third kappa shape index (κ3) is 2.91. The lowest BCUT2D eigenvalue weighted by Crippen LogP contribution is -2.25. The van der Waals surface area contributed by atoms with Gasteiger partial charge in [-0.2, -0.15) is 0 Å². The van der Waals surface area contributed by atoms with E-state index in [9.17, 15) is 19.7 Å². The van der Waals surface area contributed by atoms with E-state index >= 15 is 0 Å². The maximum atomic E-state index is 11.8. The number of fused-ring (bicyclic) bond motifs is 2. The molecule has 0 radical (unpaired) electrons. The summed E-state index contributed by atoms with van der Waals surface area (Å²) in [6.45, 7) is 0. The summed E-state index contributed by atoms with van der Waals surface area (Å²) >= 11 is 0. The Labute approximate surface area is 151 Å². The Kier molecular flexibility index (Phi) is 3.89. The van der Waals surface area contributed by atoms with Crippen molar-refractivity contribution in [2.45, 2.75) is 0 Å². The predicted molar refractivity (Wildman–Crippen MR) is 105 cm³/mol. The molecule has 0 aliphatic heterocycles. The Bertz CT molecular complexity index is 1290. The van der Waals surface area contributed by atoms with Crippen LogP contribution in [0.1, 0.15) is 11.3 Å². The molecule has 4 aromatic rings. The second-order valence-corrected chi connectivity index (χ2v) is 5.99. The van der Waals surface area contributed by atoms with E-state index < -0.39 is 21.9 Å². The van der Waals surface area contributed by atoms with Crippen LogP contribution in [0.5, 0.6) is 0 Å². The van der Waals surface area contributed by atoms with Gasteiger partial charge in [-0.15, -0.1) is 0 Å². The van der Waals surface area contributed by atoms with Crippen LogP contribution in [-0.4, -0.2) is 14.9 Å². The molecule has 2 N–H and O–H groups in total. The minimum absolute atomic E-state index is 0.147. The number of hydrogen-bond acceptors (Lipinski definition) is 4. The molecular formula is C20H13N3O4. The normalized spacial score (nSPS) is 11.4. The molecule has 4 rings (SSSR count). The third-order valence-electron chi connectivity index (χ3n) is 4.36. The highest BCUT2D eigenvalue weighted by molar-refractivity contribution is 6.07. The molecule has 0 atom stereocenters. The van der Waals surface area contributed by atoms with Gasteiger partial charge in [-0.3, -0.25) is 19.9 Å². The number of hydrogen-bond donors (Lipinski definition) is 2. The van der Waals surface area contributed by atoms with Crippen molar-refractivity contribution in [1.82, 2.24) is 9.97 Å². The van der Waals surface area contributed by atoms with Crippen LogP contribution >= 0.6 is 0 Å². The van der Waals surface area contributed by atoms with Crippen molar-refractivity contribution in [3.63, 3.8) is 0 Å². The van der Waals surface area contributed by atoms with Crippen LogP contribution in [-0.2, 0) is 0 Å². The molecule has 0 saturated carbocycles. The molecule has 0 spiro atoms. The number of aromatic nitrogens is 2. The van der Waals surface area contributed by atoms with Crippen LogP contribution < -0.4 is 11.2 Å². The lowest BCUT2D eigenvalue weighted by atomic mass is 9.96. The first kappa shape index (κ1) is 16.5. The summed E-state index contributed by atoms with van der Waals surface area (Å²) in [6, 6.07) is 17.6. The molecule has 0 unspecified atom stereocenters. The number of nitrogens with zero attached hydrogens (tertiary/aromatic N) is 1. The summed E-state index contributed by atoms with van der Waals surface area (Å²) in [5, 5.41) is 15.2. The maximum absolute atomic E-state index is 11.8. The fourth-order valence-electron chi connectivity index (χ4n) is 3.19. The molecule has 0 aliphatic carbocycles. The Balaban J connectivity index is 2.00. The third-order valence-corrected chi connectivity index (χ3v) is 4.36. The number of H-pyrrole nitrogens is 2. The number of rotatable bonds is 3. The zero-order valence-electron chi connectivity index (χ0n) is 13.9. The molecule has 1 heterocycles. The summed E-state index contributed by atoms with van der Waals surface area (Å²) in [5.41, 5.74) is -1.83. The molecule has 7 heteroatoms. The van der Waals surface area contributed by atoms with Gasteiger partial charge in [0.2, 0.25) is 0 Å². The van der Waals surface area contributed by atoms with E-state index in [4.69, 9.17) is 0 Å². The number of benzene rings is 3. The summed E-state index contributed by atoms with van der Waals surface area (Å²) in [5.74, 6) is 0. The maximum Gasteiger partial charge on any atom is 0.357 e. The van der Waals surface area contributed by atoms with Gasteiger partial charge in [0.1, 0.15) is 5.69 Å². The fourth-order valence-corrected chi connectivity index (χ4v) is 3.19. The summed E-state index contributed by atoms with van der Waals surface area (Å²) in [6.07, 6.45) is 3.07. The van der Waals surface area contributed by atoms with E-state index in [1.54, 1.807) is 6.08 Å². The predicted octanol–water partition coefficient (Wildman–Crippen LogP) is 3.45. The van der Waals surface area contributed by atoms with Crippen LogP contribution in [0.3, 0.4) is 0 Å². The Morgan fingerprint density at radius 2 is 1.44 bits per heavy atom. The Morgan fingerprint density at radius 3 is 2.04 bits per heavy atom. The summed E-state index contributed by atoms with van der Waals surface area (Å²) in [7, 11) is 0. The van der Waals surface area contributed by atoms with Gasteiger partial charge < -0.3 is 4.98 Å². The van der Waals surface area contributed by atoms with Gasteiger partial charge in [0.05, 0.1) is 4.92 Å². The highest BCUT2D eigenvalue weighted by Gasteiger charge is 2.19. The van der Waals surface area contributed by atoms with E-state index in [0.717, 1.165) is 27.1 Å². The van der Waals surface area contributed by atoms with E-state index in [-0.39, 0.29) is 5.69 Å². The topological polar surface area (TPSA) is 109 Å². The van der Waals surface area contributed by atoms with Crippen LogP contribution in [0.2, 0.25) is 0 Å². The van der Waals surface area contributed by atoms with Gasteiger partial charge in [-0.25, -0.2) is 4.79 Å². The van der Waals surface area contributed by atoms with E-state index in [1.165, 1.54) is 6.08 Å². The van der Waals surface area contributed by atoms with Crippen LogP contribution in [0.4, 0.5) is 5.69 Å². The number of nitro groups is 1. The summed E-state index contributed by atoms with van der Waals surface area (Å²) < 4.78 is 0. The quantitative estimate of drug-likeness (QED) is 0.332. The molecule has 0 fully saturated rings. The zero-order valence-corrected chi connectivity index (χ0v) is 13.9. The van der Waals surface area contributed by atoms with E-state index in [0.29, 0.717) is 0 Å². The van der Waals surface area contributed by atoms with Crippen LogP contribution in [0, 0.1) is 10.1 Å². The number of nitrogens with one attached hydrogen (secondary N) is 2. The monoisotopic (exact) mass is 359 g/mol. The van der Waals surface area contributed by atoms with Crippen molar-refractivity contribution in [1.29, 1.82) is 0 Å². The lowest BCUT2D eigenvalue weighted by molar-refractivity contribution is -0.386. The second-order valence-electron chi connectivity index (χ2n) is 5.99. The van der Waals surface area contributed by atoms with Gasteiger partial charge in [-0.05, 0) is 39.3 Å². The highest BCUT2D eigenvalue weighted by atomic mass is 16.6. The van der Waals surface area contributed by atoms with Crippen molar-refractivity contribution in [2.75, 3.05) is 0 Å². The van der Waals surface area contributed by atoms with Gasteiger partial charge in [-0.1, -0.05) is 54.6 Å².